The standard InChI is InChI=1S/C16H20BrN3O2S2/c1-11(20-2-4-22-5-3-20)8-18-15(21)7-13-10-24-16(19-13)14-6-12(17)9-23-14/h6,9-11H,2-5,7-8H2,1H3,(H,18,21). The van der Waals surface area contributed by atoms with E-state index in [4.69, 9.17) is 4.74 Å². The van der Waals surface area contributed by atoms with Gasteiger partial charge in [-0.25, -0.2) is 4.98 Å². The van der Waals surface area contributed by atoms with Crippen molar-refractivity contribution in [2.24, 2.45) is 0 Å². The molecule has 0 aromatic carbocycles. The summed E-state index contributed by atoms with van der Waals surface area (Å²) in [4.78, 5) is 20.2. The molecule has 0 bridgehead atoms. The molecule has 5 nitrogen and oxygen atoms in total. The monoisotopic (exact) mass is 429 g/mol. The van der Waals surface area contributed by atoms with Gasteiger partial charge in [0.15, 0.2) is 0 Å². The Morgan fingerprint density at radius 2 is 2.21 bits per heavy atom. The van der Waals surface area contributed by atoms with Crippen molar-refractivity contribution in [2.75, 3.05) is 32.8 Å². The molecule has 130 valence electrons. The molecule has 1 saturated heterocycles. The first-order chi connectivity index (χ1) is 11.6. The third-order valence-corrected chi connectivity index (χ3v) is 6.69. The number of morpholine rings is 1. The van der Waals surface area contributed by atoms with Crippen LogP contribution in [0.1, 0.15) is 12.6 Å². The number of rotatable bonds is 6. The molecule has 1 amide bonds. The van der Waals surface area contributed by atoms with Crippen molar-refractivity contribution in [1.29, 1.82) is 0 Å². The molecule has 1 aliphatic heterocycles. The Kier molecular flexibility index (Phi) is 6.40. The van der Waals surface area contributed by atoms with Crippen LogP contribution in [0.25, 0.3) is 9.88 Å². The van der Waals surface area contributed by atoms with Crippen LogP contribution < -0.4 is 5.32 Å². The van der Waals surface area contributed by atoms with E-state index < -0.39 is 0 Å². The van der Waals surface area contributed by atoms with Gasteiger partial charge in [0.2, 0.25) is 5.91 Å². The Balaban J connectivity index is 1.47. The molecule has 0 saturated carbocycles. The number of nitrogens with zero attached hydrogens (tertiary/aromatic N) is 2. The summed E-state index contributed by atoms with van der Waals surface area (Å²) in [6.07, 6.45) is 0.332. The van der Waals surface area contributed by atoms with Gasteiger partial charge >= 0.3 is 0 Å². The summed E-state index contributed by atoms with van der Waals surface area (Å²) in [5.74, 6) is 0.0271. The highest BCUT2D eigenvalue weighted by molar-refractivity contribution is 9.10. The largest absolute Gasteiger partial charge is 0.379 e. The molecule has 24 heavy (non-hydrogen) atoms. The van der Waals surface area contributed by atoms with E-state index >= 15 is 0 Å². The number of amides is 1. The third kappa shape index (κ3) is 4.86. The van der Waals surface area contributed by atoms with Gasteiger partial charge in [-0.2, -0.15) is 0 Å². The van der Waals surface area contributed by atoms with E-state index in [1.807, 2.05) is 10.8 Å². The average Bonchev–Trinajstić information content (AvgIpc) is 3.22. The molecule has 1 fully saturated rings. The normalized spacial score (nSPS) is 16.9. The lowest BCUT2D eigenvalue weighted by molar-refractivity contribution is -0.120. The fraction of sp³-hybridized carbons (Fsp3) is 0.500. The Morgan fingerprint density at radius 3 is 2.92 bits per heavy atom. The Morgan fingerprint density at radius 1 is 1.42 bits per heavy atom. The molecule has 2 aromatic rings. The Bertz CT molecular complexity index is 682. The van der Waals surface area contributed by atoms with Crippen LogP contribution in [0.5, 0.6) is 0 Å². The van der Waals surface area contributed by atoms with Crippen molar-refractivity contribution >= 4 is 44.5 Å². The van der Waals surface area contributed by atoms with Crippen LogP contribution >= 0.6 is 38.6 Å². The minimum Gasteiger partial charge on any atom is -0.379 e. The van der Waals surface area contributed by atoms with Crippen LogP contribution in [0.4, 0.5) is 0 Å². The molecule has 8 heteroatoms. The summed E-state index contributed by atoms with van der Waals surface area (Å²) in [6, 6.07) is 2.38. The number of carbonyl (C=O) groups is 1. The second kappa shape index (κ2) is 8.53. The van der Waals surface area contributed by atoms with Gasteiger partial charge in [0.05, 0.1) is 30.2 Å². The molecule has 1 aliphatic rings. The van der Waals surface area contributed by atoms with Crippen LogP contribution in [0.15, 0.2) is 21.3 Å². The first kappa shape index (κ1) is 18.0. The first-order valence-corrected chi connectivity index (χ1v) is 10.4. The molecule has 0 spiro atoms. The van der Waals surface area contributed by atoms with Crippen molar-refractivity contribution in [3.05, 3.63) is 27.0 Å². The number of nitrogens with one attached hydrogen (secondary N) is 1. The molecule has 3 rings (SSSR count). The van der Waals surface area contributed by atoms with Crippen LogP contribution in [-0.4, -0.2) is 54.7 Å². The van der Waals surface area contributed by atoms with Gasteiger partial charge in [0.25, 0.3) is 0 Å². The number of aromatic nitrogens is 1. The zero-order valence-electron chi connectivity index (χ0n) is 13.5. The van der Waals surface area contributed by atoms with Crippen LogP contribution in [0.2, 0.25) is 0 Å². The van der Waals surface area contributed by atoms with Crippen LogP contribution in [-0.2, 0) is 16.0 Å². The second-order valence-corrected chi connectivity index (χ2v) is 8.44. The number of hydrogen-bond donors (Lipinski definition) is 1. The summed E-state index contributed by atoms with van der Waals surface area (Å²) in [6.45, 7) is 6.22. The smallest absolute Gasteiger partial charge is 0.226 e. The van der Waals surface area contributed by atoms with E-state index in [0.29, 0.717) is 19.0 Å². The maximum atomic E-state index is 12.2. The summed E-state index contributed by atoms with van der Waals surface area (Å²) in [5, 5.41) is 7.99. The average molecular weight is 430 g/mol. The fourth-order valence-electron chi connectivity index (χ4n) is 2.56. The molecular weight excluding hydrogens is 410 g/mol. The molecule has 1 unspecified atom stereocenters. The van der Waals surface area contributed by atoms with Crippen molar-refractivity contribution in [3.63, 3.8) is 0 Å². The Labute approximate surface area is 158 Å². The molecule has 1 N–H and O–H groups in total. The minimum absolute atomic E-state index is 0.0271. The minimum atomic E-state index is 0.0271. The number of thiophene rings is 1. The molecule has 3 heterocycles. The molecule has 1 atom stereocenters. The predicted octanol–water partition coefficient (Wildman–Crippen LogP) is 3.01. The van der Waals surface area contributed by atoms with Gasteiger partial charge in [0, 0.05) is 40.9 Å². The number of hydrogen-bond acceptors (Lipinski definition) is 6. The zero-order valence-corrected chi connectivity index (χ0v) is 16.7. The topological polar surface area (TPSA) is 54.5 Å². The van der Waals surface area contributed by atoms with Crippen molar-refractivity contribution in [2.45, 2.75) is 19.4 Å². The summed E-state index contributed by atoms with van der Waals surface area (Å²) in [7, 11) is 0. The number of halogens is 1. The van der Waals surface area contributed by atoms with E-state index in [1.54, 1.807) is 22.7 Å². The van der Waals surface area contributed by atoms with Gasteiger partial charge in [0.1, 0.15) is 5.01 Å². The highest BCUT2D eigenvalue weighted by Crippen LogP contribution is 2.32. The summed E-state index contributed by atoms with van der Waals surface area (Å²) in [5.41, 5.74) is 0.830. The zero-order chi connectivity index (χ0) is 16.9. The van der Waals surface area contributed by atoms with Crippen molar-refractivity contribution in [3.8, 4) is 9.88 Å². The van der Waals surface area contributed by atoms with Gasteiger partial charge in [-0.15, -0.1) is 22.7 Å². The highest BCUT2D eigenvalue weighted by Gasteiger charge is 2.18. The first-order valence-electron chi connectivity index (χ1n) is 7.89. The quantitative estimate of drug-likeness (QED) is 0.766. The van der Waals surface area contributed by atoms with Crippen LogP contribution in [0.3, 0.4) is 0 Å². The molecule has 0 aliphatic carbocycles. The van der Waals surface area contributed by atoms with Crippen molar-refractivity contribution in [1.82, 2.24) is 15.2 Å². The highest BCUT2D eigenvalue weighted by atomic mass is 79.9. The lowest BCUT2D eigenvalue weighted by Gasteiger charge is -2.32. The van der Waals surface area contributed by atoms with E-state index in [-0.39, 0.29) is 5.91 Å². The SMILES string of the molecule is CC(CNC(=O)Cc1csc(-c2cc(Br)cs2)n1)N1CCOCC1. The fourth-order valence-corrected chi connectivity index (χ4v) is 4.89. The second-order valence-electron chi connectivity index (χ2n) is 5.75. The molecule has 2 aromatic heterocycles. The molecule has 0 radical (unpaired) electrons. The van der Waals surface area contributed by atoms with Crippen molar-refractivity contribution < 1.29 is 9.53 Å². The number of thiazole rings is 1. The van der Waals surface area contributed by atoms with Gasteiger partial charge < -0.3 is 10.1 Å². The Hall–Kier alpha value is -0.800. The number of carbonyl (C=O) groups excluding carboxylic acids is 1. The van der Waals surface area contributed by atoms with Gasteiger partial charge in [-0.1, -0.05) is 0 Å². The lowest BCUT2D eigenvalue weighted by Crippen LogP contribution is -2.47. The van der Waals surface area contributed by atoms with Crippen LogP contribution in [0, 0.1) is 0 Å². The van der Waals surface area contributed by atoms with E-state index in [2.05, 4.69) is 44.1 Å². The maximum Gasteiger partial charge on any atom is 0.226 e. The molecular formula is C16H20BrN3O2S2. The maximum absolute atomic E-state index is 12.2. The van der Waals surface area contributed by atoms with E-state index in [0.717, 1.165) is 46.4 Å². The summed E-state index contributed by atoms with van der Waals surface area (Å²) >= 11 is 6.69. The van der Waals surface area contributed by atoms with E-state index in [9.17, 15) is 4.79 Å². The van der Waals surface area contributed by atoms with Gasteiger partial charge in [-0.05, 0) is 28.9 Å². The third-order valence-electron chi connectivity index (χ3n) is 3.94. The predicted molar refractivity (Wildman–Crippen MR) is 102 cm³/mol. The van der Waals surface area contributed by atoms with Gasteiger partial charge in [-0.3, -0.25) is 9.69 Å². The van der Waals surface area contributed by atoms with E-state index in [1.165, 1.54) is 0 Å². The number of ether oxygens (including phenoxy) is 1. The summed E-state index contributed by atoms with van der Waals surface area (Å²) < 4.78 is 6.42. The lowest BCUT2D eigenvalue weighted by atomic mass is 10.2.